The van der Waals surface area contributed by atoms with Crippen molar-refractivity contribution in [1.82, 2.24) is 19.5 Å². The number of carbonyl (C=O) groups is 3. The first-order valence-electron chi connectivity index (χ1n) is 13.9. The van der Waals surface area contributed by atoms with E-state index >= 15 is 0 Å². The molecule has 1 aliphatic rings. The van der Waals surface area contributed by atoms with Gasteiger partial charge < -0.3 is 29.9 Å². The molecule has 3 heterocycles. The number of ether oxygens (including phenoxy) is 2. The van der Waals surface area contributed by atoms with Crippen molar-refractivity contribution >= 4 is 23.6 Å². The van der Waals surface area contributed by atoms with Gasteiger partial charge in [-0.15, -0.1) is 0 Å². The fourth-order valence-corrected chi connectivity index (χ4v) is 5.09. The summed E-state index contributed by atoms with van der Waals surface area (Å²) in [4.78, 5) is 37.1. The number of rotatable bonds is 12. The number of fused-ring (bicyclic) bond motifs is 1. The van der Waals surface area contributed by atoms with Crippen LogP contribution in [0.1, 0.15) is 66.9 Å². The summed E-state index contributed by atoms with van der Waals surface area (Å²) in [5.74, 6) is -4.24. The summed E-state index contributed by atoms with van der Waals surface area (Å²) >= 11 is 0. The molecule has 0 amide bonds. The molecule has 1 unspecified atom stereocenters. The molecule has 0 spiro atoms. The molecular weight excluding hydrogens is 605 g/mol. The lowest BCUT2D eigenvalue weighted by atomic mass is 9.96. The van der Waals surface area contributed by atoms with Gasteiger partial charge in [0.2, 0.25) is 0 Å². The van der Waals surface area contributed by atoms with Crippen LogP contribution in [-0.2, 0) is 44.9 Å². The minimum atomic E-state index is -4.50. The molecule has 0 saturated carbocycles. The van der Waals surface area contributed by atoms with Gasteiger partial charge in [-0.25, -0.2) is 14.3 Å². The van der Waals surface area contributed by atoms with Gasteiger partial charge >= 0.3 is 24.1 Å². The zero-order valence-corrected chi connectivity index (χ0v) is 24.9. The largest absolute Gasteiger partial charge is 0.496 e. The number of aliphatic carboxylic acids is 3. The fraction of sp³-hybridized carbons (Fsp3) is 0.483. The molecule has 16 heteroatoms. The molecule has 1 aromatic carbocycles. The number of carboxylic acids is 3. The second kappa shape index (κ2) is 14.7. The van der Waals surface area contributed by atoms with Gasteiger partial charge in [-0.1, -0.05) is 13.0 Å². The van der Waals surface area contributed by atoms with Gasteiger partial charge in [0, 0.05) is 31.0 Å². The second-order valence-electron chi connectivity index (χ2n) is 10.5. The standard InChI is InChI=1S/C23H27F3N4O2.C6H8O7/c1-4-17-11-21(23(24,25)26)30-22(27-17)12-18(28-30)19-6-5-9-29(19)13-16-10-15(14-31-2)7-8-20(16)32-3;7-3(8)1-6(13,5(11)12)2-4(9)10/h7-8,10-12,19H,4-6,9,13-14H2,1-3H3;13H,1-2H2,(H,7,8)(H,9,10)(H,11,12). The number of methoxy groups -OCH3 is 2. The third kappa shape index (κ3) is 8.89. The molecule has 45 heavy (non-hydrogen) atoms. The summed E-state index contributed by atoms with van der Waals surface area (Å²) < 4.78 is 52.6. The summed E-state index contributed by atoms with van der Waals surface area (Å²) in [5.41, 5.74) is -0.224. The van der Waals surface area contributed by atoms with Gasteiger partial charge in [-0.3, -0.25) is 14.5 Å². The number of aromatic nitrogens is 3. The number of aliphatic hydroxyl groups is 1. The Morgan fingerprint density at radius 2 is 1.71 bits per heavy atom. The van der Waals surface area contributed by atoms with Crippen molar-refractivity contribution in [3.63, 3.8) is 0 Å². The van der Waals surface area contributed by atoms with Crippen molar-refractivity contribution in [2.75, 3.05) is 20.8 Å². The summed E-state index contributed by atoms with van der Waals surface area (Å²) in [6.45, 7) is 3.73. The summed E-state index contributed by atoms with van der Waals surface area (Å²) in [5, 5.41) is 38.2. The van der Waals surface area contributed by atoms with Crippen LogP contribution in [0.25, 0.3) is 5.65 Å². The monoisotopic (exact) mass is 640 g/mol. The normalized spacial score (nSPS) is 15.5. The fourth-order valence-electron chi connectivity index (χ4n) is 5.09. The first-order chi connectivity index (χ1) is 21.1. The van der Waals surface area contributed by atoms with Gasteiger partial charge in [0.05, 0.1) is 38.3 Å². The van der Waals surface area contributed by atoms with Crippen molar-refractivity contribution in [2.45, 2.75) is 70.0 Å². The molecule has 1 saturated heterocycles. The zero-order valence-electron chi connectivity index (χ0n) is 24.9. The number of aryl methyl sites for hydroxylation is 1. The van der Waals surface area contributed by atoms with Gasteiger partial charge in [0.25, 0.3) is 0 Å². The number of hydrogen-bond donors (Lipinski definition) is 4. The average Bonchev–Trinajstić information content (AvgIpc) is 3.58. The van der Waals surface area contributed by atoms with Crippen LogP contribution in [0.5, 0.6) is 5.75 Å². The van der Waals surface area contributed by atoms with E-state index in [0.29, 0.717) is 31.0 Å². The Labute approximate surface area is 255 Å². The Kier molecular flexibility index (Phi) is 11.5. The van der Waals surface area contributed by atoms with Gasteiger partial charge in [0.15, 0.2) is 11.2 Å². The van der Waals surface area contributed by atoms with Crippen molar-refractivity contribution in [3.05, 3.63) is 58.5 Å². The second-order valence-corrected chi connectivity index (χ2v) is 10.5. The van der Waals surface area contributed by atoms with Crippen molar-refractivity contribution in [3.8, 4) is 5.75 Å². The summed E-state index contributed by atoms with van der Waals surface area (Å²) in [6, 6.07) is 8.63. The van der Waals surface area contributed by atoms with E-state index in [1.54, 1.807) is 27.2 Å². The minimum Gasteiger partial charge on any atom is -0.496 e. The molecule has 1 fully saturated rings. The molecule has 0 aliphatic carbocycles. The summed E-state index contributed by atoms with van der Waals surface area (Å²) in [7, 11) is 3.28. The molecule has 1 atom stereocenters. The van der Waals surface area contributed by atoms with Gasteiger partial charge in [0.1, 0.15) is 11.4 Å². The Morgan fingerprint density at radius 3 is 2.24 bits per heavy atom. The van der Waals surface area contributed by atoms with Crippen LogP contribution in [0.4, 0.5) is 13.2 Å². The van der Waals surface area contributed by atoms with Crippen LogP contribution < -0.4 is 4.74 Å². The Morgan fingerprint density at radius 1 is 1.04 bits per heavy atom. The first kappa shape index (κ1) is 35.2. The van der Waals surface area contributed by atoms with Gasteiger partial charge in [-0.2, -0.15) is 18.3 Å². The average molecular weight is 641 g/mol. The maximum Gasteiger partial charge on any atom is 0.433 e. The van der Waals surface area contributed by atoms with Crippen LogP contribution >= 0.6 is 0 Å². The highest BCUT2D eigenvalue weighted by atomic mass is 19.4. The maximum absolute atomic E-state index is 13.6. The molecular formula is C29H35F3N4O9. The Hall–Kier alpha value is -4.28. The van der Waals surface area contributed by atoms with Crippen LogP contribution in [0.15, 0.2) is 30.3 Å². The third-order valence-corrected chi connectivity index (χ3v) is 7.17. The molecule has 3 aromatic rings. The van der Waals surface area contributed by atoms with Crippen molar-refractivity contribution in [1.29, 1.82) is 0 Å². The number of likely N-dealkylation sites (tertiary alicyclic amines) is 1. The quantitative estimate of drug-likeness (QED) is 0.226. The van der Waals surface area contributed by atoms with Crippen LogP contribution in [0.2, 0.25) is 0 Å². The number of carboxylic acid groups (broad SMARTS) is 3. The molecule has 0 radical (unpaired) electrons. The van der Waals surface area contributed by atoms with Crippen LogP contribution in [-0.4, -0.2) is 84.2 Å². The molecule has 246 valence electrons. The number of halogens is 3. The topological polar surface area (TPSA) is 184 Å². The van der Waals surface area contributed by atoms with E-state index in [2.05, 4.69) is 21.0 Å². The lowest BCUT2D eigenvalue weighted by molar-refractivity contribution is -0.170. The van der Waals surface area contributed by atoms with E-state index in [-0.39, 0.29) is 11.7 Å². The molecule has 4 N–H and O–H groups in total. The summed E-state index contributed by atoms with van der Waals surface area (Å²) in [6.07, 6.45) is -4.60. The van der Waals surface area contributed by atoms with E-state index in [4.69, 9.17) is 29.9 Å². The first-order valence-corrected chi connectivity index (χ1v) is 13.9. The highest BCUT2D eigenvalue weighted by molar-refractivity contribution is 5.88. The van der Waals surface area contributed by atoms with Crippen LogP contribution in [0.3, 0.4) is 0 Å². The minimum absolute atomic E-state index is 0.0846. The predicted molar refractivity (Wildman–Crippen MR) is 151 cm³/mol. The predicted octanol–water partition coefficient (Wildman–Crippen LogP) is 3.55. The van der Waals surface area contributed by atoms with E-state index in [9.17, 15) is 27.6 Å². The smallest absolute Gasteiger partial charge is 0.433 e. The van der Waals surface area contributed by atoms with E-state index in [1.807, 2.05) is 12.1 Å². The van der Waals surface area contributed by atoms with Crippen LogP contribution in [0, 0.1) is 0 Å². The molecule has 2 aromatic heterocycles. The third-order valence-electron chi connectivity index (χ3n) is 7.17. The maximum atomic E-state index is 13.6. The Balaban J connectivity index is 0.000000360. The zero-order chi connectivity index (χ0) is 33.5. The SMILES string of the molecule is CCc1cc(C(F)(F)F)n2nc(C3CCCN3Cc3cc(COC)ccc3OC)cc2n1.O=C(O)CC(O)(CC(=O)O)C(=O)O. The van der Waals surface area contributed by atoms with Crippen molar-refractivity contribution < 1.29 is 57.5 Å². The van der Waals surface area contributed by atoms with E-state index in [0.717, 1.165) is 46.8 Å². The molecule has 1 aliphatic heterocycles. The Bertz CT molecular complexity index is 1510. The number of nitrogens with zero attached hydrogens (tertiary/aromatic N) is 4. The molecule has 13 nitrogen and oxygen atoms in total. The highest BCUT2D eigenvalue weighted by Crippen LogP contribution is 2.36. The van der Waals surface area contributed by atoms with E-state index in [1.165, 1.54) is 0 Å². The number of alkyl halides is 3. The lowest BCUT2D eigenvalue weighted by Gasteiger charge is -2.24. The number of benzene rings is 1. The number of hydrogen-bond acceptors (Lipinski definition) is 9. The van der Waals surface area contributed by atoms with Gasteiger partial charge in [-0.05, 0) is 49.6 Å². The molecule has 0 bridgehead atoms. The molecule has 4 rings (SSSR count). The highest BCUT2D eigenvalue weighted by Gasteiger charge is 2.41. The van der Waals surface area contributed by atoms with Crippen molar-refractivity contribution in [2.24, 2.45) is 0 Å². The lowest BCUT2D eigenvalue weighted by Crippen LogP contribution is -2.42. The van der Waals surface area contributed by atoms with E-state index < -0.39 is 48.2 Å².